The highest BCUT2D eigenvalue weighted by molar-refractivity contribution is 5.74. The molecule has 0 spiro atoms. The first-order valence-electron chi connectivity index (χ1n) is 7.95. The number of imidazole rings is 1. The molecule has 0 saturated carbocycles. The number of aromatic nitrogens is 4. The van der Waals surface area contributed by atoms with Crippen molar-refractivity contribution < 1.29 is 0 Å². The van der Waals surface area contributed by atoms with Crippen LogP contribution in [0.1, 0.15) is 35.4 Å². The minimum Gasteiger partial charge on any atom is -0.345 e. The molecule has 2 N–H and O–H groups in total. The van der Waals surface area contributed by atoms with Gasteiger partial charge in [-0.1, -0.05) is 6.07 Å². The summed E-state index contributed by atoms with van der Waals surface area (Å²) < 4.78 is 0. The summed E-state index contributed by atoms with van der Waals surface area (Å²) in [7, 11) is 2.15. The van der Waals surface area contributed by atoms with E-state index in [4.69, 9.17) is 0 Å². The van der Waals surface area contributed by atoms with Gasteiger partial charge in [-0.2, -0.15) is 5.10 Å². The molecule has 1 aliphatic rings. The Kier molecular flexibility index (Phi) is 3.42. The minimum absolute atomic E-state index is 0.896. The molecule has 0 aliphatic heterocycles. The fraction of sp³-hybridized carbons (Fsp3) is 0.412. The molecule has 2 aromatic heterocycles. The van der Waals surface area contributed by atoms with Crippen LogP contribution in [0.15, 0.2) is 24.5 Å². The zero-order chi connectivity index (χ0) is 14.9. The smallest absolute Gasteiger partial charge is 0.0931 e. The summed E-state index contributed by atoms with van der Waals surface area (Å²) in [5.41, 5.74) is 7.45. The van der Waals surface area contributed by atoms with E-state index in [1.54, 1.807) is 6.33 Å². The molecule has 0 atom stereocenters. The second-order valence-corrected chi connectivity index (χ2v) is 6.26. The van der Waals surface area contributed by atoms with Crippen molar-refractivity contribution >= 4 is 11.0 Å². The summed E-state index contributed by atoms with van der Waals surface area (Å²) in [6.07, 6.45) is 6.65. The molecule has 114 valence electrons. The topological polar surface area (TPSA) is 60.6 Å². The first kappa shape index (κ1) is 13.5. The molecule has 0 amide bonds. The van der Waals surface area contributed by atoms with Crippen LogP contribution < -0.4 is 0 Å². The van der Waals surface area contributed by atoms with Gasteiger partial charge >= 0.3 is 0 Å². The Morgan fingerprint density at radius 3 is 3.05 bits per heavy atom. The van der Waals surface area contributed by atoms with Crippen LogP contribution in [0, 0.1) is 0 Å². The fourth-order valence-electron chi connectivity index (χ4n) is 3.38. The van der Waals surface area contributed by atoms with Gasteiger partial charge in [0.2, 0.25) is 0 Å². The molecule has 0 radical (unpaired) electrons. The third-order valence-electron chi connectivity index (χ3n) is 4.50. The SMILES string of the molecule is CN(Cc1ccc2nc[nH]c2c1)Cc1n[nH]c2c1CCCC2. The highest BCUT2D eigenvalue weighted by Crippen LogP contribution is 2.23. The molecule has 0 bridgehead atoms. The molecular weight excluding hydrogens is 274 g/mol. The number of fused-ring (bicyclic) bond motifs is 2. The van der Waals surface area contributed by atoms with E-state index in [1.807, 2.05) is 0 Å². The highest BCUT2D eigenvalue weighted by atomic mass is 15.2. The van der Waals surface area contributed by atoms with Crippen molar-refractivity contribution in [2.45, 2.75) is 38.8 Å². The lowest BCUT2D eigenvalue weighted by Crippen LogP contribution is -2.18. The predicted octanol–water partition coefficient (Wildman–Crippen LogP) is 2.80. The molecule has 2 heterocycles. The average Bonchev–Trinajstić information content (AvgIpc) is 3.14. The van der Waals surface area contributed by atoms with Crippen molar-refractivity contribution in [1.29, 1.82) is 0 Å². The van der Waals surface area contributed by atoms with E-state index >= 15 is 0 Å². The quantitative estimate of drug-likeness (QED) is 0.778. The summed E-state index contributed by atoms with van der Waals surface area (Å²) in [6.45, 7) is 1.81. The van der Waals surface area contributed by atoms with E-state index in [0.29, 0.717) is 0 Å². The Morgan fingerprint density at radius 1 is 1.18 bits per heavy atom. The molecule has 5 nitrogen and oxygen atoms in total. The van der Waals surface area contributed by atoms with Crippen LogP contribution in [0.5, 0.6) is 0 Å². The number of hydrogen-bond donors (Lipinski definition) is 2. The number of H-pyrrole nitrogens is 2. The molecule has 4 rings (SSSR count). The summed E-state index contributed by atoms with van der Waals surface area (Å²) in [6, 6.07) is 6.41. The minimum atomic E-state index is 0.896. The van der Waals surface area contributed by atoms with Crippen LogP contribution in [0.2, 0.25) is 0 Å². The van der Waals surface area contributed by atoms with Crippen molar-refractivity contribution in [2.75, 3.05) is 7.05 Å². The van der Waals surface area contributed by atoms with Gasteiger partial charge in [0.15, 0.2) is 0 Å². The van der Waals surface area contributed by atoms with Crippen LogP contribution in [0.4, 0.5) is 0 Å². The lowest BCUT2D eigenvalue weighted by atomic mass is 9.96. The summed E-state index contributed by atoms with van der Waals surface area (Å²) in [5.74, 6) is 0. The van der Waals surface area contributed by atoms with Crippen molar-refractivity contribution in [1.82, 2.24) is 25.1 Å². The number of nitrogens with one attached hydrogen (secondary N) is 2. The molecule has 1 aromatic carbocycles. The number of nitrogens with zero attached hydrogens (tertiary/aromatic N) is 3. The molecule has 0 unspecified atom stereocenters. The first-order valence-corrected chi connectivity index (χ1v) is 7.95. The number of aryl methyl sites for hydroxylation is 1. The van der Waals surface area contributed by atoms with Crippen LogP contribution in [-0.4, -0.2) is 32.1 Å². The Morgan fingerprint density at radius 2 is 2.09 bits per heavy atom. The largest absolute Gasteiger partial charge is 0.345 e. The lowest BCUT2D eigenvalue weighted by Gasteiger charge is -2.17. The van der Waals surface area contributed by atoms with E-state index in [0.717, 1.165) is 30.5 Å². The van der Waals surface area contributed by atoms with Gasteiger partial charge in [-0.05, 0) is 56.0 Å². The Bertz CT molecular complexity index is 785. The Hall–Kier alpha value is -2.14. The van der Waals surface area contributed by atoms with Gasteiger partial charge in [0, 0.05) is 18.8 Å². The third-order valence-corrected chi connectivity index (χ3v) is 4.50. The zero-order valence-corrected chi connectivity index (χ0v) is 12.9. The Balaban J connectivity index is 1.47. The van der Waals surface area contributed by atoms with Crippen molar-refractivity contribution in [3.05, 3.63) is 47.0 Å². The van der Waals surface area contributed by atoms with Crippen molar-refractivity contribution in [2.24, 2.45) is 0 Å². The molecular formula is C17H21N5. The molecule has 22 heavy (non-hydrogen) atoms. The van der Waals surface area contributed by atoms with Gasteiger partial charge in [0.25, 0.3) is 0 Å². The maximum absolute atomic E-state index is 4.54. The molecule has 1 aliphatic carbocycles. The van der Waals surface area contributed by atoms with E-state index in [1.165, 1.54) is 41.8 Å². The zero-order valence-electron chi connectivity index (χ0n) is 12.9. The van der Waals surface area contributed by atoms with Gasteiger partial charge in [0.1, 0.15) is 0 Å². The second kappa shape index (κ2) is 5.57. The molecule has 0 saturated heterocycles. The normalized spacial score (nSPS) is 14.6. The first-order chi connectivity index (χ1) is 10.8. The van der Waals surface area contributed by atoms with E-state index in [2.05, 4.69) is 50.3 Å². The predicted molar refractivity (Wildman–Crippen MR) is 86.5 cm³/mol. The van der Waals surface area contributed by atoms with E-state index < -0.39 is 0 Å². The van der Waals surface area contributed by atoms with Gasteiger partial charge < -0.3 is 4.98 Å². The van der Waals surface area contributed by atoms with Crippen LogP contribution in [0.3, 0.4) is 0 Å². The molecule has 3 aromatic rings. The van der Waals surface area contributed by atoms with E-state index in [9.17, 15) is 0 Å². The summed E-state index contributed by atoms with van der Waals surface area (Å²) in [5, 5.41) is 7.76. The van der Waals surface area contributed by atoms with Gasteiger partial charge in [-0.3, -0.25) is 10.00 Å². The van der Waals surface area contributed by atoms with Crippen molar-refractivity contribution in [3.63, 3.8) is 0 Å². The van der Waals surface area contributed by atoms with E-state index in [-0.39, 0.29) is 0 Å². The van der Waals surface area contributed by atoms with Crippen LogP contribution in [-0.2, 0) is 25.9 Å². The summed E-state index contributed by atoms with van der Waals surface area (Å²) in [4.78, 5) is 9.76. The molecule has 5 heteroatoms. The number of rotatable bonds is 4. The highest BCUT2D eigenvalue weighted by Gasteiger charge is 2.17. The fourth-order valence-corrected chi connectivity index (χ4v) is 3.38. The van der Waals surface area contributed by atoms with Gasteiger partial charge in [0.05, 0.1) is 23.1 Å². The maximum atomic E-state index is 4.54. The van der Waals surface area contributed by atoms with Crippen LogP contribution in [0.25, 0.3) is 11.0 Å². The van der Waals surface area contributed by atoms with Gasteiger partial charge in [-0.15, -0.1) is 0 Å². The monoisotopic (exact) mass is 295 g/mol. The molecule has 0 fully saturated rings. The van der Waals surface area contributed by atoms with Crippen molar-refractivity contribution in [3.8, 4) is 0 Å². The number of benzene rings is 1. The second-order valence-electron chi connectivity index (χ2n) is 6.26. The third kappa shape index (κ3) is 2.52. The van der Waals surface area contributed by atoms with Crippen LogP contribution >= 0.6 is 0 Å². The standard InChI is InChI=1S/C17H21N5/c1-22(9-12-6-7-15-16(8-12)19-11-18-15)10-17-13-4-2-3-5-14(13)20-21-17/h6-8,11H,2-5,9-10H2,1H3,(H,18,19)(H,20,21). The van der Waals surface area contributed by atoms with Gasteiger partial charge in [-0.25, -0.2) is 4.98 Å². The average molecular weight is 295 g/mol. The lowest BCUT2D eigenvalue weighted by molar-refractivity contribution is 0.314. The maximum Gasteiger partial charge on any atom is 0.0931 e. The number of hydrogen-bond acceptors (Lipinski definition) is 3. The number of aromatic amines is 2. The summed E-state index contributed by atoms with van der Waals surface area (Å²) >= 11 is 0. The Labute approximate surface area is 129 Å².